The van der Waals surface area contributed by atoms with Crippen LogP contribution in [0.1, 0.15) is 44.8 Å². The van der Waals surface area contributed by atoms with E-state index in [0.29, 0.717) is 6.61 Å². The minimum absolute atomic E-state index is 0.0318. The Bertz CT molecular complexity index is 299. The second-order valence-corrected chi connectivity index (χ2v) is 5.11. The molecule has 0 aliphatic rings. The second kappa shape index (κ2) is 4.81. The molecule has 0 aromatic carbocycles. The summed E-state index contributed by atoms with van der Waals surface area (Å²) in [5.74, 6) is 1.67. The number of hydrogen-bond acceptors (Lipinski definition) is 3. The second-order valence-electron chi connectivity index (χ2n) is 5.11. The van der Waals surface area contributed by atoms with Crippen molar-refractivity contribution in [3.05, 3.63) is 23.7 Å². The molecule has 0 spiro atoms. The van der Waals surface area contributed by atoms with Gasteiger partial charge in [0.15, 0.2) is 0 Å². The van der Waals surface area contributed by atoms with Crippen molar-refractivity contribution in [3.63, 3.8) is 0 Å². The highest BCUT2D eigenvalue weighted by molar-refractivity contribution is 5.10. The summed E-state index contributed by atoms with van der Waals surface area (Å²) >= 11 is 0. The van der Waals surface area contributed by atoms with Gasteiger partial charge in [0.2, 0.25) is 0 Å². The number of hydrogen-bond donors (Lipinski definition) is 1. The SMILES string of the molecule is COCc1ccc(C(N)CC(C)(C)C)o1. The zero-order valence-corrected chi connectivity index (χ0v) is 10.0. The van der Waals surface area contributed by atoms with Crippen molar-refractivity contribution in [1.29, 1.82) is 0 Å². The highest BCUT2D eigenvalue weighted by Gasteiger charge is 2.19. The lowest BCUT2D eigenvalue weighted by molar-refractivity contribution is 0.161. The molecule has 1 aromatic heterocycles. The monoisotopic (exact) mass is 211 g/mol. The summed E-state index contributed by atoms with van der Waals surface area (Å²) in [6.45, 7) is 7.02. The van der Waals surface area contributed by atoms with E-state index in [2.05, 4.69) is 20.8 Å². The van der Waals surface area contributed by atoms with Crippen LogP contribution in [0.2, 0.25) is 0 Å². The van der Waals surface area contributed by atoms with Crippen LogP contribution in [0.5, 0.6) is 0 Å². The maximum absolute atomic E-state index is 6.06. The largest absolute Gasteiger partial charge is 0.462 e. The summed E-state index contributed by atoms with van der Waals surface area (Å²) in [4.78, 5) is 0. The third-order valence-electron chi connectivity index (χ3n) is 2.17. The molecule has 86 valence electrons. The quantitative estimate of drug-likeness (QED) is 0.833. The molecule has 3 nitrogen and oxygen atoms in total. The summed E-state index contributed by atoms with van der Waals surface area (Å²) in [7, 11) is 1.65. The standard InChI is InChI=1S/C12H21NO2/c1-12(2,3)7-10(13)11-6-5-9(15-11)8-14-4/h5-6,10H,7-8,13H2,1-4H3. The fourth-order valence-electron chi connectivity index (χ4n) is 1.57. The Morgan fingerprint density at radius 1 is 1.40 bits per heavy atom. The Morgan fingerprint density at radius 3 is 2.60 bits per heavy atom. The van der Waals surface area contributed by atoms with Gasteiger partial charge in [0.05, 0.1) is 6.04 Å². The molecule has 0 fully saturated rings. The van der Waals surface area contributed by atoms with Crippen LogP contribution in [0.25, 0.3) is 0 Å². The molecule has 1 aromatic rings. The van der Waals surface area contributed by atoms with E-state index in [1.54, 1.807) is 7.11 Å². The van der Waals surface area contributed by atoms with Crippen LogP contribution in [0.3, 0.4) is 0 Å². The molecular formula is C12H21NO2. The Balaban J connectivity index is 2.61. The number of rotatable bonds is 4. The van der Waals surface area contributed by atoms with Crippen molar-refractivity contribution < 1.29 is 9.15 Å². The van der Waals surface area contributed by atoms with E-state index in [1.165, 1.54) is 0 Å². The smallest absolute Gasteiger partial charge is 0.129 e. The molecular weight excluding hydrogens is 190 g/mol. The average Bonchev–Trinajstić information content (AvgIpc) is 2.50. The van der Waals surface area contributed by atoms with Gasteiger partial charge in [-0.2, -0.15) is 0 Å². The van der Waals surface area contributed by atoms with E-state index in [0.717, 1.165) is 17.9 Å². The first-order chi connectivity index (χ1) is 6.92. The van der Waals surface area contributed by atoms with E-state index < -0.39 is 0 Å². The first kappa shape index (κ1) is 12.3. The van der Waals surface area contributed by atoms with Gasteiger partial charge < -0.3 is 14.9 Å². The molecule has 3 heteroatoms. The van der Waals surface area contributed by atoms with Crippen molar-refractivity contribution in [2.75, 3.05) is 7.11 Å². The predicted molar refractivity (Wildman–Crippen MR) is 60.4 cm³/mol. The number of methoxy groups -OCH3 is 1. The van der Waals surface area contributed by atoms with Crippen molar-refractivity contribution >= 4 is 0 Å². The van der Waals surface area contributed by atoms with Gasteiger partial charge in [0, 0.05) is 7.11 Å². The van der Waals surface area contributed by atoms with Crippen LogP contribution in [0, 0.1) is 5.41 Å². The molecule has 1 heterocycles. The summed E-state index contributed by atoms with van der Waals surface area (Å²) in [5, 5.41) is 0. The third-order valence-corrected chi connectivity index (χ3v) is 2.17. The molecule has 2 N–H and O–H groups in total. The predicted octanol–water partition coefficient (Wildman–Crippen LogP) is 2.86. The van der Waals surface area contributed by atoms with Gasteiger partial charge in [0.25, 0.3) is 0 Å². The van der Waals surface area contributed by atoms with Crippen molar-refractivity contribution in [1.82, 2.24) is 0 Å². The van der Waals surface area contributed by atoms with E-state index in [1.807, 2.05) is 12.1 Å². The highest BCUT2D eigenvalue weighted by Crippen LogP contribution is 2.28. The van der Waals surface area contributed by atoms with Gasteiger partial charge >= 0.3 is 0 Å². The lowest BCUT2D eigenvalue weighted by Gasteiger charge is -2.21. The van der Waals surface area contributed by atoms with Gasteiger partial charge in [-0.1, -0.05) is 20.8 Å². The highest BCUT2D eigenvalue weighted by atomic mass is 16.5. The van der Waals surface area contributed by atoms with Gasteiger partial charge in [-0.15, -0.1) is 0 Å². The zero-order chi connectivity index (χ0) is 11.5. The topological polar surface area (TPSA) is 48.4 Å². The Labute approximate surface area is 91.6 Å². The summed E-state index contributed by atoms with van der Waals surface area (Å²) in [6.07, 6.45) is 0.910. The molecule has 15 heavy (non-hydrogen) atoms. The third kappa shape index (κ3) is 4.06. The molecule has 0 saturated heterocycles. The van der Waals surface area contributed by atoms with E-state index in [4.69, 9.17) is 14.9 Å². The van der Waals surface area contributed by atoms with Gasteiger partial charge in [0.1, 0.15) is 18.1 Å². The van der Waals surface area contributed by atoms with Crippen LogP contribution in [-0.2, 0) is 11.3 Å². The fraction of sp³-hybridized carbons (Fsp3) is 0.667. The van der Waals surface area contributed by atoms with Gasteiger partial charge in [-0.25, -0.2) is 0 Å². The maximum Gasteiger partial charge on any atom is 0.129 e. The van der Waals surface area contributed by atoms with Crippen LogP contribution < -0.4 is 5.73 Å². The Morgan fingerprint density at radius 2 is 2.07 bits per heavy atom. The molecule has 1 rings (SSSR count). The lowest BCUT2D eigenvalue weighted by Crippen LogP contribution is -2.18. The summed E-state index contributed by atoms with van der Waals surface area (Å²) < 4.78 is 10.6. The van der Waals surface area contributed by atoms with Gasteiger partial charge in [-0.3, -0.25) is 0 Å². The van der Waals surface area contributed by atoms with Gasteiger partial charge in [-0.05, 0) is 24.0 Å². The van der Waals surface area contributed by atoms with Crippen molar-refractivity contribution in [2.24, 2.45) is 11.1 Å². The molecule has 0 bridgehead atoms. The molecule has 0 saturated carbocycles. The molecule has 0 aliphatic heterocycles. The Hall–Kier alpha value is -0.800. The first-order valence-electron chi connectivity index (χ1n) is 5.25. The number of furan rings is 1. The number of ether oxygens (including phenoxy) is 1. The van der Waals surface area contributed by atoms with E-state index in [-0.39, 0.29) is 11.5 Å². The minimum atomic E-state index is -0.0318. The van der Waals surface area contributed by atoms with Crippen LogP contribution >= 0.6 is 0 Å². The first-order valence-corrected chi connectivity index (χ1v) is 5.25. The van der Waals surface area contributed by atoms with Crippen molar-refractivity contribution in [3.8, 4) is 0 Å². The average molecular weight is 211 g/mol. The number of nitrogens with two attached hydrogens (primary N) is 1. The normalized spacial score (nSPS) is 14.2. The van der Waals surface area contributed by atoms with Crippen LogP contribution in [-0.4, -0.2) is 7.11 Å². The minimum Gasteiger partial charge on any atom is -0.462 e. The maximum atomic E-state index is 6.06. The Kier molecular flexibility index (Phi) is 3.94. The van der Waals surface area contributed by atoms with Crippen LogP contribution in [0.4, 0.5) is 0 Å². The molecule has 1 atom stereocenters. The molecule has 0 radical (unpaired) electrons. The van der Waals surface area contributed by atoms with Crippen LogP contribution in [0.15, 0.2) is 16.5 Å². The fourth-order valence-corrected chi connectivity index (χ4v) is 1.57. The van der Waals surface area contributed by atoms with E-state index >= 15 is 0 Å². The molecule has 1 unspecified atom stereocenters. The summed E-state index contributed by atoms with van der Waals surface area (Å²) in [5.41, 5.74) is 6.27. The van der Waals surface area contributed by atoms with E-state index in [9.17, 15) is 0 Å². The molecule has 0 aliphatic carbocycles. The van der Waals surface area contributed by atoms with Crippen molar-refractivity contribution in [2.45, 2.75) is 39.8 Å². The summed E-state index contributed by atoms with van der Waals surface area (Å²) in [6, 6.07) is 3.82. The molecule has 0 amide bonds. The zero-order valence-electron chi connectivity index (χ0n) is 10.0. The lowest BCUT2D eigenvalue weighted by atomic mass is 9.88.